The van der Waals surface area contributed by atoms with E-state index in [-0.39, 0.29) is 0 Å². The van der Waals surface area contributed by atoms with E-state index in [4.69, 9.17) is 4.42 Å². The maximum Gasteiger partial charge on any atom is 0.368 e. The minimum Gasteiger partial charge on any atom is -0.465 e. The standard InChI is InChI=1S/C11H8FN3O4/c12-15-9(16)4-6-14(11(15)18)10(17)13-5-3-8-2-1-7-19-8/h1-7H,(H,13,17)/b5-3+. The molecule has 0 aromatic carbocycles. The number of rotatable bonds is 2. The Bertz CT molecular complexity index is 727. The average Bonchev–Trinajstić information content (AvgIpc) is 2.89. The summed E-state index contributed by atoms with van der Waals surface area (Å²) in [4.78, 5) is 33.0. The van der Waals surface area contributed by atoms with Crippen LogP contribution < -0.4 is 16.6 Å². The summed E-state index contributed by atoms with van der Waals surface area (Å²) in [7, 11) is 0. The van der Waals surface area contributed by atoms with Crippen molar-refractivity contribution in [3.8, 4) is 0 Å². The lowest BCUT2D eigenvalue weighted by molar-refractivity contribution is 0.240. The van der Waals surface area contributed by atoms with Gasteiger partial charge >= 0.3 is 11.7 Å². The Hall–Kier alpha value is -2.90. The molecule has 0 spiro atoms. The number of halogens is 1. The smallest absolute Gasteiger partial charge is 0.368 e. The molecule has 0 aliphatic rings. The van der Waals surface area contributed by atoms with E-state index in [0.717, 1.165) is 12.3 Å². The number of hydrogen-bond acceptors (Lipinski definition) is 4. The number of carbonyl (C=O) groups is 1. The van der Waals surface area contributed by atoms with E-state index >= 15 is 0 Å². The van der Waals surface area contributed by atoms with Gasteiger partial charge in [0.05, 0.1) is 6.26 Å². The zero-order chi connectivity index (χ0) is 13.8. The second kappa shape index (κ2) is 5.17. The van der Waals surface area contributed by atoms with Gasteiger partial charge in [-0.05, 0) is 18.2 Å². The lowest BCUT2D eigenvalue weighted by Gasteiger charge is -2.02. The summed E-state index contributed by atoms with van der Waals surface area (Å²) >= 11 is 0. The molecular weight excluding hydrogens is 257 g/mol. The highest BCUT2D eigenvalue weighted by Crippen LogP contribution is 2.00. The number of furan rings is 1. The van der Waals surface area contributed by atoms with Crippen molar-refractivity contribution < 1.29 is 13.7 Å². The van der Waals surface area contributed by atoms with Crippen LogP contribution in [-0.4, -0.2) is 15.4 Å². The van der Waals surface area contributed by atoms with Crippen LogP contribution in [0.1, 0.15) is 5.76 Å². The van der Waals surface area contributed by atoms with E-state index in [9.17, 15) is 18.9 Å². The van der Waals surface area contributed by atoms with E-state index in [1.54, 1.807) is 12.1 Å². The van der Waals surface area contributed by atoms with Crippen LogP contribution >= 0.6 is 0 Å². The number of aromatic nitrogens is 2. The van der Waals surface area contributed by atoms with Crippen LogP contribution in [0.5, 0.6) is 0 Å². The van der Waals surface area contributed by atoms with Gasteiger partial charge in [-0.15, -0.1) is 0 Å². The van der Waals surface area contributed by atoms with Gasteiger partial charge in [0.15, 0.2) is 0 Å². The van der Waals surface area contributed by atoms with Gasteiger partial charge in [-0.25, -0.2) is 14.2 Å². The quantitative estimate of drug-likeness (QED) is 0.859. The highest BCUT2D eigenvalue weighted by Gasteiger charge is 2.09. The van der Waals surface area contributed by atoms with E-state index < -0.39 is 22.1 Å². The predicted octanol–water partition coefficient (Wildman–Crippen LogP) is 0.564. The Morgan fingerprint density at radius 3 is 2.84 bits per heavy atom. The van der Waals surface area contributed by atoms with Crippen molar-refractivity contribution in [3.05, 3.63) is 63.5 Å². The van der Waals surface area contributed by atoms with E-state index in [0.29, 0.717) is 10.3 Å². The number of carbonyl (C=O) groups excluding carboxylic acids is 1. The molecule has 19 heavy (non-hydrogen) atoms. The summed E-state index contributed by atoms with van der Waals surface area (Å²) in [6.07, 6.45) is 5.00. The molecule has 0 fully saturated rings. The second-order valence-electron chi connectivity index (χ2n) is 3.39. The molecule has 0 radical (unpaired) electrons. The van der Waals surface area contributed by atoms with E-state index in [1.165, 1.54) is 18.5 Å². The van der Waals surface area contributed by atoms with Crippen LogP contribution in [0.3, 0.4) is 0 Å². The topological polar surface area (TPSA) is 86.2 Å². The lowest BCUT2D eigenvalue weighted by atomic mass is 10.4. The molecule has 0 saturated carbocycles. The van der Waals surface area contributed by atoms with Crippen molar-refractivity contribution >= 4 is 12.1 Å². The third-order valence-electron chi connectivity index (χ3n) is 2.15. The molecule has 2 aromatic rings. The number of amides is 1. The Labute approximate surface area is 105 Å². The third-order valence-corrected chi connectivity index (χ3v) is 2.15. The summed E-state index contributed by atoms with van der Waals surface area (Å²) in [6.45, 7) is 0. The van der Waals surface area contributed by atoms with Crippen LogP contribution in [0.2, 0.25) is 0 Å². The zero-order valence-electron chi connectivity index (χ0n) is 9.45. The molecule has 98 valence electrons. The predicted molar refractivity (Wildman–Crippen MR) is 63.1 cm³/mol. The first-order chi connectivity index (χ1) is 9.09. The summed E-state index contributed by atoms with van der Waals surface area (Å²) in [5, 5.41) is 2.23. The molecule has 1 amide bonds. The maximum absolute atomic E-state index is 13.0. The minimum absolute atomic E-state index is 0.424. The Balaban J connectivity index is 2.15. The molecule has 8 heteroatoms. The Morgan fingerprint density at radius 1 is 1.37 bits per heavy atom. The molecule has 0 unspecified atom stereocenters. The zero-order valence-corrected chi connectivity index (χ0v) is 9.45. The van der Waals surface area contributed by atoms with Crippen molar-refractivity contribution in [3.63, 3.8) is 0 Å². The Morgan fingerprint density at radius 2 is 2.16 bits per heavy atom. The lowest BCUT2D eigenvalue weighted by Crippen LogP contribution is -2.41. The molecule has 1 N–H and O–H groups in total. The van der Waals surface area contributed by atoms with Gasteiger partial charge in [0.25, 0.3) is 5.56 Å². The van der Waals surface area contributed by atoms with Gasteiger partial charge in [0.2, 0.25) is 0 Å². The highest BCUT2D eigenvalue weighted by atomic mass is 19.2. The van der Waals surface area contributed by atoms with Crippen LogP contribution in [0.15, 0.2) is 50.9 Å². The van der Waals surface area contributed by atoms with Gasteiger partial charge in [0, 0.05) is 18.5 Å². The molecule has 2 aromatic heterocycles. The summed E-state index contributed by atoms with van der Waals surface area (Å²) in [6, 6.07) is 3.16. The molecular formula is C11H8FN3O4. The molecule has 2 rings (SSSR count). The molecule has 0 atom stereocenters. The fourth-order valence-electron chi connectivity index (χ4n) is 1.26. The van der Waals surface area contributed by atoms with Crippen molar-refractivity contribution in [2.75, 3.05) is 0 Å². The van der Waals surface area contributed by atoms with Crippen molar-refractivity contribution in [1.82, 2.24) is 14.7 Å². The van der Waals surface area contributed by atoms with Crippen LogP contribution in [0, 0.1) is 0 Å². The van der Waals surface area contributed by atoms with E-state index in [2.05, 4.69) is 5.32 Å². The number of nitrogens with zero attached hydrogens (tertiary/aromatic N) is 2. The van der Waals surface area contributed by atoms with Gasteiger partial charge in [-0.1, -0.05) is 9.27 Å². The monoisotopic (exact) mass is 265 g/mol. The summed E-state index contributed by atoms with van der Waals surface area (Å²) < 4.78 is 18.3. The average molecular weight is 265 g/mol. The Kier molecular flexibility index (Phi) is 3.42. The van der Waals surface area contributed by atoms with Crippen LogP contribution in [-0.2, 0) is 0 Å². The normalized spacial score (nSPS) is 10.8. The molecule has 0 aliphatic carbocycles. The largest absolute Gasteiger partial charge is 0.465 e. The molecule has 7 nitrogen and oxygen atoms in total. The molecule has 0 saturated heterocycles. The third kappa shape index (κ3) is 2.68. The molecule has 0 bridgehead atoms. The summed E-state index contributed by atoms with van der Waals surface area (Å²) in [5.74, 6) is 0.489. The fraction of sp³-hybridized carbons (Fsp3) is 0. The summed E-state index contributed by atoms with van der Waals surface area (Å²) in [5.41, 5.74) is -2.52. The molecule has 2 heterocycles. The second-order valence-corrected chi connectivity index (χ2v) is 3.39. The van der Waals surface area contributed by atoms with Crippen LogP contribution in [0.4, 0.5) is 9.28 Å². The van der Waals surface area contributed by atoms with Crippen molar-refractivity contribution in [1.29, 1.82) is 0 Å². The fourth-order valence-corrected chi connectivity index (χ4v) is 1.26. The maximum atomic E-state index is 13.0. The minimum atomic E-state index is -1.38. The van der Waals surface area contributed by atoms with Gasteiger partial charge < -0.3 is 9.73 Å². The number of nitrogens with one attached hydrogen (secondary N) is 1. The van der Waals surface area contributed by atoms with Gasteiger partial charge in [0.1, 0.15) is 5.76 Å². The molecule has 0 aliphatic heterocycles. The SMILES string of the molecule is O=C(N/C=C/c1ccco1)n1ccc(=O)n(F)c1=O. The first-order valence-electron chi connectivity index (χ1n) is 5.11. The van der Waals surface area contributed by atoms with Crippen molar-refractivity contribution in [2.45, 2.75) is 0 Å². The van der Waals surface area contributed by atoms with Crippen LogP contribution in [0.25, 0.3) is 6.08 Å². The highest BCUT2D eigenvalue weighted by molar-refractivity contribution is 5.77. The van der Waals surface area contributed by atoms with Gasteiger partial charge in [-0.2, -0.15) is 0 Å². The van der Waals surface area contributed by atoms with E-state index in [1.807, 2.05) is 0 Å². The number of hydrogen-bond donors (Lipinski definition) is 1. The first kappa shape index (κ1) is 12.6. The van der Waals surface area contributed by atoms with Crippen molar-refractivity contribution in [2.24, 2.45) is 0 Å². The van der Waals surface area contributed by atoms with Gasteiger partial charge in [-0.3, -0.25) is 4.79 Å². The first-order valence-corrected chi connectivity index (χ1v) is 5.11.